The monoisotopic (exact) mass is 417 g/mol. The van der Waals surface area contributed by atoms with E-state index in [9.17, 15) is 14.4 Å². The molecule has 6 heteroatoms. The smallest absolute Gasteiger partial charge is 0.230 e. The van der Waals surface area contributed by atoms with Crippen LogP contribution in [0.5, 0.6) is 0 Å². The summed E-state index contributed by atoms with van der Waals surface area (Å²) in [5.41, 5.74) is 3.12. The third-order valence-electron chi connectivity index (χ3n) is 6.85. The van der Waals surface area contributed by atoms with Crippen molar-refractivity contribution in [2.24, 2.45) is 11.8 Å². The Balaban J connectivity index is 1.18. The molecule has 5 rings (SSSR count). The number of benzene rings is 2. The van der Waals surface area contributed by atoms with Gasteiger partial charge in [-0.1, -0.05) is 36.4 Å². The molecule has 0 bridgehead atoms. The van der Waals surface area contributed by atoms with Gasteiger partial charge in [-0.2, -0.15) is 0 Å². The zero-order valence-electron chi connectivity index (χ0n) is 17.6. The molecule has 0 aliphatic carbocycles. The van der Waals surface area contributed by atoms with Crippen LogP contribution in [0.3, 0.4) is 0 Å². The normalized spacial score (nSPS) is 21.5. The van der Waals surface area contributed by atoms with Crippen molar-refractivity contribution >= 4 is 29.1 Å². The number of hydrogen-bond donors (Lipinski definition) is 0. The number of anilines is 2. The van der Waals surface area contributed by atoms with Gasteiger partial charge in [0, 0.05) is 49.9 Å². The SMILES string of the molecule is O=C(C1CC(=O)N(c2ccccc2)C1)N1CCC(C(=O)N2CCc3ccccc32)CC1. The zero-order valence-corrected chi connectivity index (χ0v) is 17.6. The lowest BCUT2D eigenvalue weighted by atomic mass is 9.94. The minimum atomic E-state index is -0.301. The van der Waals surface area contributed by atoms with Crippen LogP contribution in [-0.4, -0.2) is 48.8 Å². The molecule has 2 saturated heterocycles. The van der Waals surface area contributed by atoms with E-state index in [2.05, 4.69) is 6.07 Å². The Morgan fingerprint density at radius 1 is 0.806 bits per heavy atom. The molecule has 3 heterocycles. The highest BCUT2D eigenvalue weighted by atomic mass is 16.2. The van der Waals surface area contributed by atoms with Crippen LogP contribution in [-0.2, 0) is 20.8 Å². The maximum absolute atomic E-state index is 13.1. The average Bonchev–Trinajstić information content (AvgIpc) is 3.42. The summed E-state index contributed by atoms with van der Waals surface area (Å²) in [6.45, 7) is 2.35. The van der Waals surface area contributed by atoms with E-state index in [-0.39, 0.29) is 36.0 Å². The summed E-state index contributed by atoms with van der Waals surface area (Å²) in [4.78, 5) is 44.1. The minimum absolute atomic E-state index is 0.00214. The number of amides is 3. The first-order chi connectivity index (χ1) is 15.1. The van der Waals surface area contributed by atoms with Crippen molar-refractivity contribution in [3.05, 3.63) is 60.2 Å². The molecule has 2 fully saturated rings. The molecule has 3 aliphatic heterocycles. The number of hydrogen-bond acceptors (Lipinski definition) is 3. The van der Waals surface area contributed by atoms with Gasteiger partial charge in [0.2, 0.25) is 17.7 Å². The second kappa shape index (κ2) is 8.17. The van der Waals surface area contributed by atoms with E-state index in [0.717, 1.165) is 24.3 Å². The topological polar surface area (TPSA) is 60.9 Å². The number of likely N-dealkylation sites (tertiary alicyclic amines) is 1. The van der Waals surface area contributed by atoms with Gasteiger partial charge in [0.15, 0.2) is 0 Å². The highest BCUT2D eigenvalue weighted by molar-refractivity contribution is 6.00. The van der Waals surface area contributed by atoms with Crippen LogP contribution in [0.4, 0.5) is 11.4 Å². The van der Waals surface area contributed by atoms with Gasteiger partial charge in [-0.25, -0.2) is 0 Å². The van der Waals surface area contributed by atoms with Crippen molar-refractivity contribution in [2.75, 3.05) is 36.0 Å². The second-order valence-electron chi connectivity index (χ2n) is 8.71. The first-order valence-electron chi connectivity index (χ1n) is 11.2. The summed E-state index contributed by atoms with van der Waals surface area (Å²) in [7, 11) is 0. The van der Waals surface area contributed by atoms with E-state index in [1.165, 1.54) is 5.56 Å². The number of fused-ring (bicyclic) bond motifs is 1. The van der Waals surface area contributed by atoms with Gasteiger partial charge in [0.05, 0.1) is 5.92 Å². The minimum Gasteiger partial charge on any atom is -0.342 e. The molecule has 1 atom stereocenters. The van der Waals surface area contributed by atoms with Gasteiger partial charge in [-0.15, -0.1) is 0 Å². The standard InChI is InChI=1S/C25H27N3O3/c29-23-16-20(17-28(23)21-7-2-1-3-8-21)24(30)26-13-10-19(11-14-26)25(31)27-15-12-18-6-4-5-9-22(18)27/h1-9,19-20H,10-17H2. The molecule has 3 aliphatic rings. The van der Waals surface area contributed by atoms with Crippen LogP contribution in [0, 0.1) is 11.8 Å². The van der Waals surface area contributed by atoms with Crippen LogP contribution >= 0.6 is 0 Å². The highest BCUT2D eigenvalue weighted by Gasteiger charge is 2.39. The Kier molecular flexibility index (Phi) is 5.22. The molecule has 31 heavy (non-hydrogen) atoms. The van der Waals surface area contributed by atoms with Crippen LogP contribution in [0.2, 0.25) is 0 Å². The molecule has 0 saturated carbocycles. The molecule has 0 N–H and O–H groups in total. The highest BCUT2D eigenvalue weighted by Crippen LogP contribution is 2.32. The fourth-order valence-electron chi connectivity index (χ4n) is 5.12. The van der Waals surface area contributed by atoms with Gasteiger partial charge in [-0.3, -0.25) is 14.4 Å². The van der Waals surface area contributed by atoms with E-state index >= 15 is 0 Å². The van der Waals surface area contributed by atoms with Crippen molar-refractivity contribution in [1.29, 1.82) is 0 Å². The number of carbonyl (C=O) groups is 3. The molecule has 0 spiro atoms. The zero-order chi connectivity index (χ0) is 21.4. The molecule has 1 unspecified atom stereocenters. The molecule has 0 radical (unpaired) electrons. The molecule has 2 aromatic rings. The number of para-hydroxylation sites is 2. The van der Waals surface area contributed by atoms with E-state index in [0.29, 0.717) is 32.5 Å². The van der Waals surface area contributed by atoms with Crippen molar-refractivity contribution in [2.45, 2.75) is 25.7 Å². The maximum Gasteiger partial charge on any atom is 0.230 e. The molecule has 2 aromatic carbocycles. The number of carbonyl (C=O) groups excluding carboxylic acids is 3. The summed E-state index contributed by atoms with van der Waals surface area (Å²) in [5.74, 6) is -0.110. The summed E-state index contributed by atoms with van der Waals surface area (Å²) in [6.07, 6.45) is 2.54. The van der Waals surface area contributed by atoms with Crippen molar-refractivity contribution in [1.82, 2.24) is 4.90 Å². The van der Waals surface area contributed by atoms with Gasteiger partial charge in [0.25, 0.3) is 0 Å². The Labute approximate surface area is 182 Å². The van der Waals surface area contributed by atoms with Crippen LogP contribution in [0.1, 0.15) is 24.8 Å². The summed E-state index contributed by atoms with van der Waals surface area (Å²) in [6, 6.07) is 17.6. The molecule has 6 nitrogen and oxygen atoms in total. The Morgan fingerprint density at radius 3 is 2.29 bits per heavy atom. The second-order valence-corrected chi connectivity index (χ2v) is 8.71. The molecule has 3 amide bonds. The molecular weight excluding hydrogens is 390 g/mol. The van der Waals surface area contributed by atoms with Gasteiger partial charge in [0.1, 0.15) is 0 Å². The lowest BCUT2D eigenvalue weighted by Gasteiger charge is -2.34. The van der Waals surface area contributed by atoms with E-state index in [4.69, 9.17) is 0 Å². The van der Waals surface area contributed by atoms with Crippen molar-refractivity contribution < 1.29 is 14.4 Å². The van der Waals surface area contributed by atoms with E-state index in [1.54, 1.807) is 4.90 Å². The average molecular weight is 418 g/mol. The number of nitrogens with zero attached hydrogens (tertiary/aromatic N) is 3. The van der Waals surface area contributed by atoms with Crippen molar-refractivity contribution in [3.8, 4) is 0 Å². The van der Waals surface area contributed by atoms with Crippen molar-refractivity contribution in [3.63, 3.8) is 0 Å². The molecular formula is C25H27N3O3. The lowest BCUT2D eigenvalue weighted by Crippen LogP contribution is -2.46. The summed E-state index contributed by atoms with van der Waals surface area (Å²) < 4.78 is 0. The summed E-state index contributed by atoms with van der Waals surface area (Å²) in [5, 5.41) is 0. The first kappa shape index (κ1) is 19.8. The van der Waals surface area contributed by atoms with E-state index < -0.39 is 0 Å². The predicted molar refractivity (Wildman–Crippen MR) is 119 cm³/mol. The van der Waals surface area contributed by atoms with Crippen LogP contribution < -0.4 is 9.80 Å². The maximum atomic E-state index is 13.1. The fourth-order valence-corrected chi connectivity index (χ4v) is 5.12. The third kappa shape index (κ3) is 3.71. The Hall–Kier alpha value is -3.15. The number of piperidine rings is 1. The largest absolute Gasteiger partial charge is 0.342 e. The molecule has 160 valence electrons. The quantitative estimate of drug-likeness (QED) is 0.772. The number of rotatable bonds is 3. The van der Waals surface area contributed by atoms with Gasteiger partial charge < -0.3 is 14.7 Å². The Morgan fingerprint density at radius 2 is 1.52 bits per heavy atom. The summed E-state index contributed by atoms with van der Waals surface area (Å²) >= 11 is 0. The third-order valence-corrected chi connectivity index (χ3v) is 6.85. The van der Waals surface area contributed by atoms with Gasteiger partial charge in [-0.05, 0) is 43.0 Å². The van der Waals surface area contributed by atoms with Gasteiger partial charge >= 0.3 is 0 Å². The van der Waals surface area contributed by atoms with Crippen LogP contribution in [0.25, 0.3) is 0 Å². The van der Waals surface area contributed by atoms with E-state index in [1.807, 2.05) is 58.3 Å². The lowest BCUT2D eigenvalue weighted by molar-refractivity contribution is -0.138. The fraction of sp³-hybridized carbons (Fsp3) is 0.400. The first-order valence-corrected chi connectivity index (χ1v) is 11.2. The molecule has 0 aromatic heterocycles. The Bertz CT molecular complexity index is 998. The predicted octanol–water partition coefficient (Wildman–Crippen LogP) is 2.87. The van der Waals surface area contributed by atoms with Crippen LogP contribution in [0.15, 0.2) is 54.6 Å².